The highest BCUT2D eigenvalue weighted by molar-refractivity contribution is 6.30. The van der Waals surface area contributed by atoms with Gasteiger partial charge in [0.05, 0.1) is 11.5 Å². The molecule has 0 fully saturated rings. The van der Waals surface area contributed by atoms with Gasteiger partial charge in [-0.05, 0) is 12.8 Å². The summed E-state index contributed by atoms with van der Waals surface area (Å²) >= 11 is 11.5. The minimum absolute atomic E-state index is 0.170. The van der Waals surface area contributed by atoms with E-state index in [4.69, 9.17) is 23.2 Å². The van der Waals surface area contributed by atoms with E-state index in [1.54, 1.807) is 6.92 Å². The highest BCUT2D eigenvalue weighted by Gasteiger charge is 2.23. The van der Waals surface area contributed by atoms with Gasteiger partial charge < -0.3 is 5.11 Å². The van der Waals surface area contributed by atoms with Gasteiger partial charge >= 0.3 is 0 Å². The molecule has 62 valence electrons. The van der Waals surface area contributed by atoms with Crippen molar-refractivity contribution in [1.29, 1.82) is 0 Å². The van der Waals surface area contributed by atoms with Gasteiger partial charge in [0.25, 0.3) is 0 Å². The second-order valence-corrected chi connectivity index (χ2v) is 4.05. The summed E-state index contributed by atoms with van der Waals surface area (Å²) in [6.07, 6.45) is -0.505. The normalized spacial score (nSPS) is 20.7. The molecule has 0 radical (unpaired) electrons. The standard InChI is InChI=1S/C7H14Cl2O/c1-4(2)7(10)6(9)5(3)8/h4-7,10H,1-3H3. The number of halogens is 2. The van der Waals surface area contributed by atoms with Crippen molar-refractivity contribution in [2.45, 2.75) is 37.6 Å². The van der Waals surface area contributed by atoms with E-state index in [2.05, 4.69) is 0 Å². The summed E-state index contributed by atoms with van der Waals surface area (Å²) in [5.74, 6) is 0.170. The molecule has 3 heteroatoms. The van der Waals surface area contributed by atoms with Crippen molar-refractivity contribution in [2.24, 2.45) is 5.92 Å². The average molecular weight is 185 g/mol. The van der Waals surface area contributed by atoms with Crippen LogP contribution in [0.4, 0.5) is 0 Å². The first kappa shape index (κ1) is 10.5. The summed E-state index contributed by atoms with van der Waals surface area (Å²) < 4.78 is 0. The largest absolute Gasteiger partial charge is 0.391 e. The van der Waals surface area contributed by atoms with Gasteiger partial charge in [-0.3, -0.25) is 0 Å². The van der Waals surface area contributed by atoms with Crippen LogP contribution in [0.2, 0.25) is 0 Å². The third-order valence-corrected chi connectivity index (χ3v) is 2.48. The Labute approximate surface area is 72.3 Å². The van der Waals surface area contributed by atoms with E-state index in [1.165, 1.54) is 0 Å². The van der Waals surface area contributed by atoms with Crippen LogP contribution in [0.5, 0.6) is 0 Å². The zero-order valence-electron chi connectivity index (χ0n) is 6.51. The lowest BCUT2D eigenvalue weighted by molar-refractivity contribution is 0.120. The summed E-state index contributed by atoms with van der Waals surface area (Å²) in [5.41, 5.74) is 0. The molecule has 1 nitrogen and oxygen atoms in total. The molecule has 0 aromatic heterocycles. The first-order chi connectivity index (χ1) is 4.46. The number of aliphatic hydroxyl groups excluding tert-OH is 1. The van der Waals surface area contributed by atoms with Crippen molar-refractivity contribution >= 4 is 23.2 Å². The number of alkyl halides is 2. The van der Waals surface area contributed by atoms with Crippen LogP contribution in [-0.4, -0.2) is 22.0 Å². The van der Waals surface area contributed by atoms with E-state index in [0.717, 1.165) is 0 Å². The Bertz CT molecular complexity index is 81.6. The second kappa shape index (κ2) is 4.42. The molecule has 0 heterocycles. The van der Waals surface area contributed by atoms with Gasteiger partial charge in [-0.25, -0.2) is 0 Å². The predicted molar refractivity (Wildman–Crippen MR) is 45.8 cm³/mol. The fraction of sp³-hybridized carbons (Fsp3) is 1.00. The first-order valence-electron chi connectivity index (χ1n) is 3.43. The van der Waals surface area contributed by atoms with E-state index in [9.17, 15) is 5.11 Å². The quantitative estimate of drug-likeness (QED) is 0.668. The Hall–Kier alpha value is 0.540. The lowest BCUT2D eigenvalue weighted by Gasteiger charge is -2.21. The number of hydrogen-bond acceptors (Lipinski definition) is 1. The minimum atomic E-state index is -0.505. The van der Waals surface area contributed by atoms with Crippen LogP contribution < -0.4 is 0 Å². The van der Waals surface area contributed by atoms with E-state index in [0.29, 0.717) is 0 Å². The maximum absolute atomic E-state index is 9.35. The fourth-order valence-electron chi connectivity index (χ4n) is 0.639. The molecule has 0 amide bonds. The summed E-state index contributed by atoms with van der Waals surface area (Å²) in [6.45, 7) is 5.61. The molecule has 0 rings (SSSR count). The molecule has 0 spiro atoms. The molecule has 0 saturated heterocycles. The summed E-state index contributed by atoms with van der Waals surface area (Å²) in [5, 5.41) is 8.82. The molecular weight excluding hydrogens is 171 g/mol. The Morgan fingerprint density at radius 1 is 1.10 bits per heavy atom. The number of aliphatic hydroxyl groups is 1. The molecule has 0 saturated carbocycles. The molecule has 0 aromatic rings. The summed E-state index contributed by atoms with van der Waals surface area (Å²) in [4.78, 5) is 0. The van der Waals surface area contributed by atoms with Crippen molar-refractivity contribution in [3.05, 3.63) is 0 Å². The lowest BCUT2D eigenvalue weighted by Crippen LogP contribution is -2.32. The third kappa shape index (κ3) is 3.09. The first-order valence-corrected chi connectivity index (χ1v) is 4.30. The highest BCUT2D eigenvalue weighted by atomic mass is 35.5. The maximum Gasteiger partial charge on any atom is 0.0758 e. The van der Waals surface area contributed by atoms with E-state index in [1.807, 2.05) is 13.8 Å². The molecule has 0 bridgehead atoms. The Morgan fingerprint density at radius 2 is 1.50 bits per heavy atom. The second-order valence-electron chi connectivity index (χ2n) is 2.86. The Kier molecular flexibility index (Phi) is 4.66. The number of rotatable bonds is 3. The molecular formula is C7H14Cl2O. The van der Waals surface area contributed by atoms with Crippen molar-refractivity contribution in [3.63, 3.8) is 0 Å². The third-order valence-electron chi connectivity index (χ3n) is 1.45. The van der Waals surface area contributed by atoms with Crippen molar-refractivity contribution in [2.75, 3.05) is 0 Å². The van der Waals surface area contributed by atoms with Gasteiger partial charge in [0, 0.05) is 5.38 Å². The molecule has 0 aliphatic rings. The topological polar surface area (TPSA) is 20.2 Å². The van der Waals surface area contributed by atoms with Crippen molar-refractivity contribution in [1.82, 2.24) is 0 Å². The van der Waals surface area contributed by atoms with Gasteiger partial charge in [0.15, 0.2) is 0 Å². The van der Waals surface area contributed by atoms with Crippen molar-refractivity contribution < 1.29 is 5.11 Å². The average Bonchev–Trinajstić information content (AvgIpc) is 1.84. The molecule has 0 aromatic carbocycles. The Balaban J connectivity index is 3.81. The monoisotopic (exact) mass is 184 g/mol. The van der Waals surface area contributed by atoms with Gasteiger partial charge in [0.2, 0.25) is 0 Å². The van der Waals surface area contributed by atoms with Crippen LogP contribution in [0, 0.1) is 5.92 Å². The molecule has 3 atom stereocenters. The van der Waals surface area contributed by atoms with Gasteiger partial charge in [0.1, 0.15) is 0 Å². The zero-order chi connectivity index (χ0) is 8.31. The smallest absolute Gasteiger partial charge is 0.0758 e. The molecule has 1 N–H and O–H groups in total. The van der Waals surface area contributed by atoms with Crippen LogP contribution >= 0.6 is 23.2 Å². The van der Waals surface area contributed by atoms with Crippen molar-refractivity contribution in [3.8, 4) is 0 Å². The van der Waals surface area contributed by atoms with Crippen LogP contribution in [-0.2, 0) is 0 Å². The summed E-state index contributed by atoms with van der Waals surface area (Å²) in [7, 11) is 0. The Morgan fingerprint density at radius 3 is 1.60 bits per heavy atom. The van der Waals surface area contributed by atoms with E-state index in [-0.39, 0.29) is 16.7 Å². The highest BCUT2D eigenvalue weighted by Crippen LogP contribution is 2.18. The van der Waals surface area contributed by atoms with Gasteiger partial charge in [-0.1, -0.05) is 13.8 Å². The van der Waals surface area contributed by atoms with Crippen LogP contribution in [0.1, 0.15) is 20.8 Å². The van der Waals surface area contributed by atoms with E-state index >= 15 is 0 Å². The maximum atomic E-state index is 9.35. The molecule has 10 heavy (non-hydrogen) atoms. The zero-order valence-corrected chi connectivity index (χ0v) is 8.02. The predicted octanol–water partition coefficient (Wildman–Crippen LogP) is 2.24. The van der Waals surface area contributed by atoms with Crippen LogP contribution in [0.25, 0.3) is 0 Å². The molecule has 0 aliphatic carbocycles. The van der Waals surface area contributed by atoms with Gasteiger partial charge in [-0.15, -0.1) is 23.2 Å². The van der Waals surface area contributed by atoms with Gasteiger partial charge in [-0.2, -0.15) is 0 Å². The number of hydrogen-bond donors (Lipinski definition) is 1. The fourth-order valence-corrected chi connectivity index (χ4v) is 1.08. The van der Waals surface area contributed by atoms with Crippen LogP contribution in [0.15, 0.2) is 0 Å². The lowest BCUT2D eigenvalue weighted by atomic mass is 10.0. The summed E-state index contributed by atoms with van der Waals surface area (Å²) in [6, 6.07) is 0. The SMILES string of the molecule is CC(C)C(O)C(Cl)C(C)Cl. The molecule has 0 aliphatic heterocycles. The van der Waals surface area contributed by atoms with E-state index < -0.39 is 6.10 Å². The molecule has 3 unspecified atom stereocenters. The van der Waals surface area contributed by atoms with Crippen LogP contribution in [0.3, 0.4) is 0 Å². The minimum Gasteiger partial charge on any atom is -0.391 e.